The van der Waals surface area contributed by atoms with Crippen LogP contribution in [-0.2, 0) is 17.6 Å². The Bertz CT molecular complexity index is 826. The molecule has 0 unspecified atom stereocenters. The standard InChI is InChI=1S/C22H30N4O2.ClH/c27-21(16-25-28)23-14-8-2-1-3-9-15-24-22-17-10-4-6-12-19(17)26-20-13-7-5-11-18(20)22;/h4,6,10,12,16,28H,1-3,5,7-9,11,13-15H2,(H,23,27)(H,24,26);1H. The molecule has 1 aromatic heterocycles. The summed E-state index contributed by atoms with van der Waals surface area (Å²) in [7, 11) is 0. The van der Waals surface area contributed by atoms with E-state index in [4.69, 9.17) is 10.2 Å². The highest BCUT2D eigenvalue weighted by Gasteiger charge is 2.17. The summed E-state index contributed by atoms with van der Waals surface area (Å²) in [5, 5.41) is 18.6. The third-order valence-electron chi connectivity index (χ3n) is 5.30. The lowest BCUT2D eigenvalue weighted by Gasteiger charge is -2.21. The molecule has 1 amide bonds. The van der Waals surface area contributed by atoms with Crippen LogP contribution in [0.25, 0.3) is 10.9 Å². The molecule has 2 aromatic rings. The molecule has 0 fully saturated rings. The van der Waals surface area contributed by atoms with Gasteiger partial charge in [0.2, 0.25) is 0 Å². The molecule has 0 spiro atoms. The highest BCUT2D eigenvalue weighted by Crippen LogP contribution is 2.33. The van der Waals surface area contributed by atoms with Crippen molar-refractivity contribution in [1.82, 2.24) is 10.3 Å². The van der Waals surface area contributed by atoms with E-state index < -0.39 is 0 Å². The maximum atomic E-state index is 11.1. The van der Waals surface area contributed by atoms with Crippen molar-refractivity contribution in [3.63, 3.8) is 0 Å². The average Bonchev–Trinajstić information content (AvgIpc) is 2.72. The zero-order valence-electron chi connectivity index (χ0n) is 16.8. The number of hydrogen-bond acceptors (Lipinski definition) is 5. The van der Waals surface area contributed by atoms with Crippen molar-refractivity contribution in [3.05, 3.63) is 35.5 Å². The maximum Gasteiger partial charge on any atom is 0.265 e. The van der Waals surface area contributed by atoms with Crippen molar-refractivity contribution in [2.24, 2.45) is 5.16 Å². The molecular weight excluding hydrogens is 388 g/mol. The first-order valence-corrected chi connectivity index (χ1v) is 10.4. The number of pyridine rings is 1. The summed E-state index contributed by atoms with van der Waals surface area (Å²) in [5.41, 5.74) is 5.10. The summed E-state index contributed by atoms with van der Waals surface area (Å²) in [6, 6.07) is 8.44. The van der Waals surface area contributed by atoms with Gasteiger partial charge in [0, 0.05) is 29.9 Å². The van der Waals surface area contributed by atoms with Crippen LogP contribution in [0.4, 0.5) is 5.69 Å². The van der Waals surface area contributed by atoms with E-state index in [1.54, 1.807) is 0 Å². The lowest BCUT2D eigenvalue weighted by atomic mass is 9.92. The zero-order valence-corrected chi connectivity index (χ0v) is 17.6. The Labute approximate surface area is 178 Å². The second-order valence-corrected chi connectivity index (χ2v) is 7.37. The number of carbonyl (C=O) groups excluding carboxylic acids is 1. The van der Waals surface area contributed by atoms with Crippen LogP contribution < -0.4 is 10.6 Å². The van der Waals surface area contributed by atoms with Crippen molar-refractivity contribution < 1.29 is 10.0 Å². The molecular formula is C22H31ClN4O2. The molecule has 0 bridgehead atoms. The van der Waals surface area contributed by atoms with Crippen LogP contribution in [0.3, 0.4) is 0 Å². The quantitative estimate of drug-likeness (QED) is 0.230. The minimum absolute atomic E-state index is 0. The first-order valence-electron chi connectivity index (χ1n) is 10.4. The Morgan fingerprint density at radius 3 is 2.62 bits per heavy atom. The predicted molar refractivity (Wildman–Crippen MR) is 120 cm³/mol. The van der Waals surface area contributed by atoms with Gasteiger partial charge in [-0.15, -0.1) is 12.4 Å². The number of aromatic nitrogens is 1. The summed E-state index contributed by atoms with van der Waals surface area (Å²) in [6.07, 6.45) is 11.1. The molecule has 7 heteroatoms. The first kappa shape index (κ1) is 22.9. The van der Waals surface area contributed by atoms with Gasteiger partial charge in [-0.1, -0.05) is 42.6 Å². The third-order valence-corrected chi connectivity index (χ3v) is 5.30. The Morgan fingerprint density at radius 1 is 1.07 bits per heavy atom. The number of anilines is 1. The SMILES string of the molecule is Cl.O=C(C=NO)NCCCCCCCNc1c2c(nc3ccccc13)CCCC2. The van der Waals surface area contributed by atoms with Gasteiger partial charge >= 0.3 is 0 Å². The molecule has 1 heterocycles. The van der Waals surface area contributed by atoms with Crippen LogP contribution in [0.2, 0.25) is 0 Å². The number of rotatable bonds is 10. The lowest BCUT2D eigenvalue weighted by molar-refractivity contribution is -0.114. The number of para-hydroxylation sites is 1. The number of nitrogens with zero attached hydrogens (tertiary/aromatic N) is 2. The third kappa shape index (κ3) is 6.60. The minimum atomic E-state index is -0.348. The van der Waals surface area contributed by atoms with Gasteiger partial charge in [-0.2, -0.15) is 0 Å². The van der Waals surface area contributed by atoms with Crippen LogP contribution in [0.15, 0.2) is 29.4 Å². The van der Waals surface area contributed by atoms with E-state index in [1.165, 1.54) is 41.6 Å². The Balaban J connectivity index is 0.00000300. The first-order chi connectivity index (χ1) is 13.8. The van der Waals surface area contributed by atoms with Crippen molar-refractivity contribution in [2.75, 3.05) is 18.4 Å². The van der Waals surface area contributed by atoms with Gasteiger partial charge in [0.05, 0.1) is 5.52 Å². The summed E-state index contributed by atoms with van der Waals surface area (Å²) in [5.74, 6) is -0.348. The number of halogens is 1. The van der Waals surface area contributed by atoms with Gasteiger partial charge in [0.15, 0.2) is 0 Å². The number of nitrogens with one attached hydrogen (secondary N) is 2. The number of hydrogen-bond donors (Lipinski definition) is 3. The second kappa shape index (κ2) is 12.3. The van der Waals surface area contributed by atoms with E-state index in [0.29, 0.717) is 6.54 Å². The topological polar surface area (TPSA) is 86.6 Å². The highest BCUT2D eigenvalue weighted by atomic mass is 35.5. The number of fused-ring (bicyclic) bond motifs is 2. The van der Waals surface area contributed by atoms with E-state index in [0.717, 1.165) is 56.8 Å². The number of amides is 1. The number of oxime groups is 1. The Hall–Kier alpha value is -2.34. The summed E-state index contributed by atoms with van der Waals surface area (Å²) in [6.45, 7) is 1.60. The number of benzene rings is 1. The highest BCUT2D eigenvalue weighted by molar-refractivity contribution is 6.25. The molecule has 3 rings (SSSR count). The summed E-state index contributed by atoms with van der Waals surface area (Å²) < 4.78 is 0. The van der Waals surface area contributed by atoms with Crippen molar-refractivity contribution in [2.45, 2.75) is 57.8 Å². The van der Waals surface area contributed by atoms with E-state index in [2.05, 4.69) is 40.1 Å². The molecule has 1 aliphatic carbocycles. The Morgan fingerprint density at radius 2 is 1.79 bits per heavy atom. The fourth-order valence-corrected chi connectivity index (χ4v) is 3.88. The van der Waals surface area contributed by atoms with Gasteiger partial charge in [-0.05, 0) is 50.2 Å². The maximum absolute atomic E-state index is 11.1. The lowest BCUT2D eigenvalue weighted by Crippen LogP contribution is -2.25. The zero-order chi connectivity index (χ0) is 19.6. The van der Waals surface area contributed by atoms with Gasteiger partial charge in [0.25, 0.3) is 5.91 Å². The number of carbonyl (C=O) groups is 1. The van der Waals surface area contributed by atoms with Crippen molar-refractivity contribution in [3.8, 4) is 0 Å². The average molecular weight is 419 g/mol. The van der Waals surface area contributed by atoms with E-state index in [1.807, 2.05) is 0 Å². The van der Waals surface area contributed by atoms with E-state index >= 15 is 0 Å². The van der Waals surface area contributed by atoms with Gasteiger partial charge in [-0.3, -0.25) is 9.78 Å². The van der Waals surface area contributed by atoms with Crippen LogP contribution in [0, 0.1) is 0 Å². The molecule has 1 aromatic carbocycles. The van der Waals surface area contributed by atoms with Gasteiger partial charge in [-0.25, -0.2) is 0 Å². The van der Waals surface area contributed by atoms with Crippen LogP contribution in [0.5, 0.6) is 0 Å². The molecule has 29 heavy (non-hydrogen) atoms. The smallest absolute Gasteiger partial charge is 0.265 e. The summed E-state index contributed by atoms with van der Waals surface area (Å²) in [4.78, 5) is 16.0. The number of unbranched alkanes of at least 4 members (excludes halogenated alkanes) is 4. The van der Waals surface area contributed by atoms with Crippen LogP contribution in [0.1, 0.15) is 56.2 Å². The van der Waals surface area contributed by atoms with Crippen LogP contribution >= 0.6 is 12.4 Å². The normalized spacial score (nSPS) is 13.1. The second-order valence-electron chi connectivity index (χ2n) is 7.37. The van der Waals surface area contributed by atoms with Crippen LogP contribution in [-0.4, -0.2) is 35.4 Å². The van der Waals surface area contributed by atoms with E-state index in [-0.39, 0.29) is 18.3 Å². The minimum Gasteiger partial charge on any atom is -0.411 e. The van der Waals surface area contributed by atoms with Crippen molar-refractivity contribution >= 4 is 41.1 Å². The molecule has 0 radical (unpaired) electrons. The molecule has 3 N–H and O–H groups in total. The molecule has 0 atom stereocenters. The monoisotopic (exact) mass is 418 g/mol. The van der Waals surface area contributed by atoms with Gasteiger partial charge < -0.3 is 15.8 Å². The number of aryl methyl sites for hydroxylation is 1. The molecule has 0 aliphatic heterocycles. The fraction of sp³-hybridized carbons (Fsp3) is 0.500. The molecule has 0 saturated carbocycles. The molecule has 0 saturated heterocycles. The largest absolute Gasteiger partial charge is 0.411 e. The fourth-order valence-electron chi connectivity index (χ4n) is 3.88. The van der Waals surface area contributed by atoms with Crippen molar-refractivity contribution in [1.29, 1.82) is 0 Å². The molecule has 1 aliphatic rings. The predicted octanol–water partition coefficient (Wildman–Crippen LogP) is 4.47. The molecule has 6 nitrogen and oxygen atoms in total. The Kier molecular flexibility index (Phi) is 9.71. The van der Waals surface area contributed by atoms with E-state index in [9.17, 15) is 4.79 Å². The summed E-state index contributed by atoms with van der Waals surface area (Å²) >= 11 is 0. The van der Waals surface area contributed by atoms with Gasteiger partial charge in [0.1, 0.15) is 6.21 Å². The molecule has 158 valence electrons.